The minimum atomic E-state index is -0.884. The highest BCUT2D eigenvalue weighted by molar-refractivity contribution is 5.74. The van der Waals surface area contributed by atoms with Gasteiger partial charge in [0.2, 0.25) is 0 Å². The number of nitrogens with one attached hydrogen (secondary N) is 2. The first-order chi connectivity index (χ1) is 7.11. The fraction of sp³-hybridized carbons (Fsp3) is 0.778. The molecule has 0 aliphatic carbocycles. The third kappa shape index (κ3) is 3.85. The van der Waals surface area contributed by atoms with Crippen molar-refractivity contribution in [1.29, 1.82) is 0 Å². The van der Waals surface area contributed by atoms with Crippen molar-refractivity contribution >= 4 is 11.9 Å². The molecule has 1 rings (SSSR count). The molecule has 0 aromatic carbocycles. The molecule has 1 aliphatic rings. The fourth-order valence-electron chi connectivity index (χ4n) is 1.61. The molecule has 0 unspecified atom stereocenters. The fourth-order valence-corrected chi connectivity index (χ4v) is 1.61. The van der Waals surface area contributed by atoms with Crippen LogP contribution >= 0.6 is 0 Å². The summed E-state index contributed by atoms with van der Waals surface area (Å²) in [5, 5.41) is 23.4. The molecule has 4 N–H and O–H groups in total. The average molecular weight is 216 g/mol. The van der Waals surface area contributed by atoms with Gasteiger partial charge in [-0.3, -0.25) is 9.59 Å². The van der Waals surface area contributed by atoms with E-state index in [0.717, 1.165) is 0 Å². The van der Waals surface area contributed by atoms with Crippen LogP contribution in [0.5, 0.6) is 0 Å². The van der Waals surface area contributed by atoms with E-state index < -0.39 is 24.0 Å². The Hall–Kier alpha value is -1.14. The molecule has 1 saturated heterocycles. The van der Waals surface area contributed by atoms with E-state index in [4.69, 9.17) is 10.2 Å². The van der Waals surface area contributed by atoms with E-state index in [2.05, 4.69) is 10.6 Å². The predicted octanol–water partition coefficient (Wildman–Crippen LogP) is -0.744. The largest absolute Gasteiger partial charge is 0.480 e. The summed E-state index contributed by atoms with van der Waals surface area (Å²) in [6, 6.07) is -1.13. The molecular weight excluding hydrogens is 200 g/mol. The van der Waals surface area contributed by atoms with Gasteiger partial charge in [-0.15, -0.1) is 0 Å². The summed E-state index contributed by atoms with van der Waals surface area (Å²) in [5.41, 5.74) is 0. The van der Waals surface area contributed by atoms with Crippen molar-refractivity contribution in [3.8, 4) is 0 Å². The Kier molecular flexibility index (Phi) is 4.51. The summed E-state index contributed by atoms with van der Waals surface area (Å²) in [4.78, 5) is 21.5. The molecule has 0 radical (unpaired) electrons. The molecule has 0 spiro atoms. The quantitative estimate of drug-likeness (QED) is 0.485. The lowest BCUT2D eigenvalue weighted by Gasteiger charge is -2.13. The van der Waals surface area contributed by atoms with Crippen LogP contribution in [0.2, 0.25) is 0 Å². The first-order valence-electron chi connectivity index (χ1n) is 5.03. The van der Waals surface area contributed by atoms with E-state index >= 15 is 0 Å². The highest BCUT2D eigenvalue weighted by Gasteiger charge is 2.22. The molecule has 0 bridgehead atoms. The van der Waals surface area contributed by atoms with Gasteiger partial charge < -0.3 is 20.8 Å². The molecule has 1 aliphatic heterocycles. The molecule has 0 aromatic rings. The van der Waals surface area contributed by atoms with Crippen LogP contribution in [-0.2, 0) is 9.59 Å². The van der Waals surface area contributed by atoms with Crippen LogP contribution in [0.1, 0.15) is 19.3 Å². The van der Waals surface area contributed by atoms with Gasteiger partial charge in [0, 0.05) is 0 Å². The molecule has 1 heterocycles. The summed E-state index contributed by atoms with van der Waals surface area (Å²) in [5.74, 6) is -1.76. The smallest absolute Gasteiger partial charge is 0.320 e. The van der Waals surface area contributed by atoms with Gasteiger partial charge in [0.25, 0.3) is 0 Å². The molecule has 86 valence electrons. The molecule has 0 saturated carbocycles. The second-order valence-electron chi connectivity index (χ2n) is 3.62. The Morgan fingerprint density at radius 2 is 1.47 bits per heavy atom. The van der Waals surface area contributed by atoms with E-state index in [9.17, 15) is 9.59 Å². The zero-order chi connectivity index (χ0) is 11.3. The summed E-state index contributed by atoms with van der Waals surface area (Å²) in [6.07, 6.45) is 1.58. The molecule has 6 heteroatoms. The molecule has 15 heavy (non-hydrogen) atoms. The minimum Gasteiger partial charge on any atom is -0.480 e. The van der Waals surface area contributed by atoms with Crippen LogP contribution in [0.25, 0.3) is 0 Å². The van der Waals surface area contributed by atoms with Gasteiger partial charge >= 0.3 is 11.9 Å². The van der Waals surface area contributed by atoms with Gasteiger partial charge in [0.05, 0.1) is 0 Å². The van der Waals surface area contributed by atoms with Crippen molar-refractivity contribution in [2.45, 2.75) is 31.3 Å². The van der Waals surface area contributed by atoms with Crippen LogP contribution in [-0.4, -0.2) is 47.3 Å². The second-order valence-corrected chi connectivity index (χ2v) is 3.62. The van der Waals surface area contributed by atoms with Crippen molar-refractivity contribution in [3.05, 3.63) is 0 Å². The van der Waals surface area contributed by atoms with E-state index in [-0.39, 0.29) is 0 Å². The lowest BCUT2D eigenvalue weighted by atomic mass is 10.1. The third-order valence-electron chi connectivity index (χ3n) is 2.48. The SMILES string of the molecule is O=C(O)[C@@H]1CCCN[C@H](C(=O)O)CCN1. The molecular formula is C9H16N2O4. The Morgan fingerprint density at radius 3 is 2.07 bits per heavy atom. The van der Waals surface area contributed by atoms with Crippen molar-refractivity contribution in [3.63, 3.8) is 0 Å². The minimum absolute atomic E-state index is 0.402. The normalized spacial score (nSPS) is 28.5. The van der Waals surface area contributed by atoms with Gasteiger partial charge in [-0.1, -0.05) is 0 Å². The van der Waals surface area contributed by atoms with Crippen molar-refractivity contribution in [1.82, 2.24) is 10.6 Å². The predicted molar refractivity (Wildman–Crippen MR) is 52.7 cm³/mol. The van der Waals surface area contributed by atoms with Crippen molar-refractivity contribution < 1.29 is 19.8 Å². The highest BCUT2D eigenvalue weighted by Crippen LogP contribution is 2.02. The molecule has 0 aromatic heterocycles. The number of carbonyl (C=O) groups is 2. The van der Waals surface area contributed by atoms with Crippen LogP contribution in [0.4, 0.5) is 0 Å². The van der Waals surface area contributed by atoms with E-state index in [1.54, 1.807) is 0 Å². The lowest BCUT2D eigenvalue weighted by Crippen LogP contribution is -2.40. The number of carboxylic acid groups (broad SMARTS) is 2. The molecule has 2 atom stereocenters. The first kappa shape index (κ1) is 11.9. The Labute approximate surface area is 87.7 Å². The van der Waals surface area contributed by atoms with E-state index in [0.29, 0.717) is 32.4 Å². The van der Waals surface area contributed by atoms with Crippen molar-refractivity contribution in [2.24, 2.45) is 0 Å². The van der Waals surface area contributed by atoms with Crippen LogP contribution in [0, 0.1) is 0 Å². The zero-order valence-corrected chi connectivity index (χ0v) is 8.40. The summed E-state index contributed by atoms with van der Waals surface area (Å²) < 4.78 is 0. The maximum absolute atomic E-state index is 10.7. The highest BCUT2D eigenvalue weighted by atomic mass is 16.4. The molecule has 6 nitrogen and oxygen atoms in total. The second kappa shape index (κ2) is 5.67. The van der Waals surface area contributed by atoms with Crippen LogP contribution in [0.15, 0.2) is 0 Å². The van der Waals surface area contributed by atoms with E-state index in [1.165, 1.54) is 0 Å². The van der Waals surface area contributed by atoms with Gasteiger partial charge in [0.1, 0.15) is 12.1 Å². The van der Waals surface area contributed by atoms with E-state index in [1.807, 2.05) is 0 Å². The number of rotatable bonds is 2. The lowest BCUT2D eigenvalue weighted by molar-refractivity contribution is -0.140. The standard InChI is InChI=1S/C9H16N2O4/c12-8(13)6-2-1-4-10-7(9(14)15)3-5-11-6/h6-7,10-11H,1-5H2,(H,12,13)(H,14,15)/t6-,7-/m0/s1. The zero-order valence-electron chi connectivity index (χ0n) is 8.40. The topological polar surface area (TPSA) is 98.7 Å². The summed E-state index contributed by atoms with van der Waals surface area (Å²) >= 11 is 0. The van der Waals surface area contributed by atoms with Gasteiger partial charge in [-0.25, -0.2) is 0 Å². The number of carboxylic acids is 2. The monoisotopic (exact) mass is 216 g/mol. The van der Waals surface area contributed by atoms with Gasteiger partial charge in [-0.2, -0.15) is 0 Å². The first-order valence-corrected chi connectivity index (χ1v) is 5.03. The van der Waals surface area contributed by atoms with Gasteiger partial charge in [-0.05, 0) is 32.4 Å². The maximum atomic E-state index is 10.7. The molecule has 1 fully saturated rings. The third-order valence-corrected chi connectivity index (χ3v) is 2.48. The van der Waals surface area contributed by atoms with Crippen LogP contribution < -0.4 is 10.6 Å². The van der Waals surface area contributed by atoms with Gasteiger partial charge in [0.15, 0.2) is 0 Å². The summed E-state index contributed by atoms with van der Waals surface area (Å²) in [6.45, 7) is 0.948. The number of hydrogen-bond acceptors (Lipinski definition) is 4. The Balaban J connectivity index is 2.48. The Morgan fingerprint density at radius 1 is 0.933 bits per heavy atom. The number of hydrogen-bond donors (Lipinski definition) is 4. The average Bonchev–Trinajstić information content (AvgIpc) is 2.27. The number of aliphatic carboxylic acids is 2. The summed E-state index contributed by atoms with van der Waals surface area (Å²) in [7, 11) is 0. The molecule has 0 amide bonds. The van der Waals surface area contributed by atoms with Crippen molar-refractivity contribution in [2.75, 3.05) is 13.1 Å². The Bertz CT molecular complexity index is 220. The maximum Gasteiger partial charge on any atom is 0.320 e. The van der Waals surface area contributed by atoms with Crippen LogP contribution in [0.3, 0.4) is 0 Å².